The molecule has 2 aromatic rings. The van der Waals surface area contributed by atoms with Crippen molar-refractivity contribution in [2.45, 2.75) is 20.3 Å². The fourth-order valence-corrected chi connectivity index (χ4v) is 2.60. The average Bonchev–Trinajstić information content (AvgIpc) is 2.88. The van der Waals surface area contributed by atoms with E-state index in [1.807, 2.05) is 6.92 Å². The summed E-state index contributed by atoms with van der Waals surface area (Å²) in [7, 11) is 0. The Labute approximate surface area is 121 Å². The Morgan fingerprint density at radius 2 is 2.20 bits per heavy atom. The summed E-state index contributed by atoms with van der Waals surface area (Å²) in [6.45, 7) is 4.09. The number of nitrogens with one attached hydrogen (secondary N) is 1. The topological polar surface area (TPSA) is 88.2 Å². The first-order chi connectivity index (χ1) is 9.52. The van der Waals surface area contributed by atoms with Crippen LogP contribution in [0.4, 0.5) is 5.69 Å². The van der Waals surface area contributed by atoms with Gasteiger partial charge in [-0.25, -0.2) is 4.98 Å². The lowest BCUT2D eigenvalue weighted by molar-refractivity contribution is 0.102. The number of hydrogen-bond donors (Lipinski definition) is 3. The number of anilines is 1. The number of nitrogens with two attached hydrogens (primary N) is 1. The molecule has 0 bridgehead atoms. The molecule has 106 valence electrons. The Hall–Kier alpha value is -1.92. The minimum absolute atomic E-state index is 0.199. The van der Waals surface area contributed by atoms with Crippen LogP contribution >= 0.6 is 11.3 Å². The molecule has 5 nitrogen and oxygen atoms in total. The zero-order chi connectivity index (χ0) is 14.7. The molecular weight excluding hydrogens is 274 g/mol. The van der Waals surface area contributed by atoms with Gasteiger partial charge in [0.1, 0.15) is 11.4 Å². The molecule has 0 aliphatic heterocycles. The smallest absolute Gasteiger partial charge is 0.275 e. The highest BCUT2D eigenvalue weighted by Gasteiger charge is 2.13. The summed E-state index contributed by atoms with van der Waals surface area (Å²) < 4.78 is 0. The van der Waals surface area contributed by atoms with Crippen LogP contribution in [0.1, 0.15) is 26.6 Å². The second-order valence-corrected chi connectivity index (χ2v) is 5.47. The number of hydrogen-bond acceptors (Lipinski definition) is 5. The summed E-state index contributed by atoms with van der Waals surface area (Å²) in [5, 5.41) is 15.2. The molecule has 1 aromatic carbocycles. The fraction of sp³-hybridized carbons (Fsp3) is 0.286. The van der Waals surface area contributed by atoms with Crippen LogP contribution in [-0.4, -0.2) is 22.5 Å². The van der Waals surface area contributed by atoms with E-state index in [2.05, 4.69) is 10.3 Å². The fourth-order valence-electron chi connectivity index (χ4n) is 1.81. The quantitative estimate of drug-likeness (QED) is 0.806. The molecule has 0 fully saturated rings. The van der Waals surface area contributed by atoms with E-state index in [1.54, 1.807) is 24.4 Å². The van der Waals surface area contributed by atoms with Gasteiger partial charge < -0.3 is 16.2 Å². The molecule has 0 saturated heterocycles. The van der Waals surface area contributed by atoms with Crippen LogP contribution in [0.15, 0.2) is 17.5 Å². The zero-order valence-corrected chi connectivity index (χ0v) is 12.3. The molecule has 0 unspecified atom stereocenters. The highest BCUT2D eigenvalue weighted by atomic mass is 32.1. The lowest BCUT2D eigenvalue weighted by Gasteiger charge is -2.10. The molecule has 0 aliphatic rings. The van der Waals surface area contributed by atoms with E-state index < -0.39 is 0 Å². The number of nitrogens with zero attached hydrogens (tertiary/aromatic N) is 1. The van der Waals surface area contributed by atoms with Gasteiger partial charge in [-0.05, 0) is 32.0 Å². The van der Waals surface area contributed by atoms with Gasteiger partial charge in [-0.15, -0.1) is 11.3 Å². The van der Waals surface area contributed by atoms with Gasteiger partial charge in [-0.3, -0.25) is 4.79 Å². The molecule has 0 radical (unpaired) electrons. The van der Waals surface area contributed by atoms with Crippen molar-refractivity contribution in [1.29, 1.82) is 0 Å². The zero-order valence-electron chi connectivity index (χ0n) is 11.4. The van der Waals surface area contributed by atoms with Gasteiger partial charge in [0.2, 0.25) is 0 Å². The molecule has 6 heteroatoms. The predicted molar refractivity (Wildman–Crippen MR) is 80.4 cm³/mol. The molecule has 20 heavy (non-hydrogen) atoms. The van der Waals surface area contributed by atoms with Gasteiger partial charge in [0.05, 0.1) is 5.01 Å². The second kappa shape index (κ2) is 6.02. The van der Waals surface area contributed by atoms with Crippen molar-refractivity contribution >= 4 is 22.9 Å². The van der Waals surface area contributed by atoms with Crippen LogP contribution < -0.4 is 11.1 Å². The van der Waals surface area contributed by atoms with Gasteiger partial charge in [-0.1, -0.05) is 6.07 Å². The molecule has 0 spiro atoms. The lowest BCUT2D eigenvalue weighted by atomic mass is 10.1. The Morgan fingerprint density at radius 3 is 2.90 bits per heavy atom. The molecule has 1 aromatic heterocycles. The van der Waals surface area contributed by atoms with E-state index in [-0.39, 0.29) is 11.7 Å². The summed E-state index contributed by atoms with van der Waals surface area (Å²) in [6, 6.07) is 3.54. The standard InChI is InChI=1S/C14H17N3O2S/c1-8-3-4-10(9(2)13(8)18)17-14(19)11-7-20-12(16-11)5-6-15/h3-4,7,18H,5-6,15H2,1-2H3,(H,17,19). The van der Waals surface area contributed by atoms with Crippen molar-refractivity contribution in [2.24, 2.45) is 5.73 Å². The predicted octanol–water partition coefficient (Wildman–Crippen LogP) is 2.22. The van der Waals surface area contributed by atoms with Gasteiger partial charge in [-0.2, -0.15) is 0 Å². The number of aromatic hydroxyl groups is 1. The maximum absolute atomic E-state index is 12.1. The number of carbonyl (C=O) groups is 1. The largest absolute Gasteiger partial charge is 0.507 e. The van der Waals surface area contributed by atoms with Crippen molar-refractivity contribution in [3.8, 4) is 5.75 Å². The van der Waals surface area contributed by atoms with E-state index in [0.29, 0.717) is 29.9 Å². The molecule has 1 amide bonds. The van der Waals surface area contributed by atoms with Crippen molar-refractivity contribution in [2.75, 3.05) is 11.9 Å². The van der Waals surface area contributed by atoms with E-state index >= 15 is 0 Å². The average molecular weight is 291 g/mol. The number of rotatable bonds is 4. The third-order valence-corrected chi connectivity index (χ3v) is 3.93. The highest BCUT2D eigenvalue weighted by Crippen LogP contribution is 2.28. The molecule has 4 N–H and O–H groups in total. The van der Waals surface area contributed by atoms with Gasteiger partial charge in [0.15, 0.2) is 0 Å². The van der Waals surface area contributed by atoms with Crippen molar-refractivity contribution < 1.29 is 9.90 Å². The monoisotopic (exact) mass is 291 g/mol. The number of phenols is 1. The van der Waals surface area contributed by atoms with E-state index in [9.17, 15) is 9.90 Å². The van der Waals surface area contributed by atoms with Crippen LogP contribution in [0, 0.1) is 13.8 Å². The van der Waals surface area contributed by atoms with E-state index in [1.165, 1.54) is 11.3 Å². The summed E-state index contributed by atoms with van der Waals surface area (Å²) in [6.07, 6.45) is 0.669. The van der Waals surface area contributed by atoms with Crippen LogP contribution in [-0.2, 0) is 6.42 Å². The molecular formula is C14H17N3O2S. The number of carbonyl (C=O) groups excluding carboxylic acids is 1. The molecule has 1 heterocycles. The summed E-state index contributed by atoms with van der Waals surface area (Å²) in [4.78, 5) is 16.3. The van der Waals surface area contributed by atoms with Gasteiger partial charge in [0, 0.05) is 23.1 Å². The number of benzene rings is 1. The molecule has 0 aliphatic carbocycles. The summed E-state index contributed by atoms with van der Waals surface area (Å²) >= 11 is 1.42. The second-order valence-electron chi connectivity index (χ2n) is 4.52. The first kappa shape index (κ1) is 14.5. The Morgan fingerprint density at radius 1 is 1.45 bits per heavy atom. The normalized spacial score (nSPS) is 10.6. The maximum atomic E-state index is 12.1. The molecule has 0 saturated carbocycles. The molecule has 0 atom stereocenters. The number of thiazole rings is 1. The summed E-state index contributed by atoms with van der Waals surface area (Å²) in [5.74, 6) is -0.0826. The minimum Gasteiger partial charge on any atom is -0.507 e. The number of amides is 1. The maximum Gasteiger partial charge on any atom is 0.275 e. The van der Waals surface area contributed by atoms with Crippen molar-refractivity contribution in [3.63, 3.8) is 0 Å². The van der Waals surface area contributed by atoms with Crippen molar-refractivity contribution in [3.05, 3.63) is 39.3 Å². The number of aryl methyl sites for hydroxylation is 1. The van der Waals surface area contributed by atoms with Crippen LogP contribution in [0.25, 0.3) is 0 Å². The summed E-state index contributed by atoms with van der Waals surface area (Å²) in [5.41, 5.74) is 7.85. The Balaban J connectivity index is 2.17. The van der Waals surface area contributed by atoms with Gasteiger partial charge in [0.25, 0.3) is 5.91 Å². The van der Waals surface area contributed by atoms with Crippen LogP contribution in [0.5, 0.6) is 5.75 Å². The Kier molecular flexibility index (Phi) is 4.36. The number of aromatic nitrogens is 1. The first-order valence-electron chi connectivity index (χ1n) is 6.28. The lowest BCUT2D eigenvalue weighted by Crippen LogP contribution is -2.13. The van der Waals surface area contributed by atoms with Crippen LogP contribution in [0.2, 0.25) is 0 Å². The Bertz CT molecular complexity index is 637. The number of phenolic OH excluding ortho intramolecular Hbond substituents is 1. The molecule has 2 rings (SSSR count). The van der Waals surface area contributed by atoms with E-state index in [0.717, 1.165) is 10.6 Å². The van der Waals surface area contributed by atoms with Crippen LogP contribution in [0.3, 0.4) is 0 Å². The SMILES string of the molecule is Cc1ccc(NC(=O)c2csc(CCN)n2)c(C)c1O. The van der Waals surface area contributed by atoms with E-state index in [4.69, 9.17) is 5.73 Å². The highest BCUT2D eigenvalue weighted by molar-refractivity contribution is 7.09. The van der Waals surface area contributed by atoms with Crippen molar-refractivity contribution in [1.82, 2.24) is 4.98 Å². The third kappa shape index (κ3) is 2.97. The minimum atomic E-state index is -0.282. The first-order valence-corrected chi connectivity index (χ1v) is 7.16. The van der Waals surface area contributed by atoms with Gasteiger partial charge >= 0.3 is 0 Å². The third-order valence-electron chi connectivity index (χ3n) is 3.02.